The minimum absolute atomic E-state index is 0.102. The Bertz CT molecular complexity index is 337. The molecule has 1 amide bonds. The van der Waals surface area contributed by atoms with Crippen LogP contribution >= 0.6 is 0 Å². The molecular weight excluding hydrogens is 192 g/mol. The number of pyridine rings is 1. The molecule has 1 heterocycles. The molecule has 0 atom stereocenters. The molecule has 4 heteroatoms. The largest absolute Gasteiger partial charge is 0.447 e. The summed E-state index contributed by atoms with van der Waals surface area (Å²) in [5, 5.41) is 2.65. The van der Waals surface area contributed by atoms with Crippen molar-refractivity contribution < 1.29 is 9.53 Å². The third-order valence-corrected chi connectivity index (χ3v) is 1.86. The Morgan fingerprint density at radius 2 is 2.33 bits per heavy atom. The van der Waals surface area contributed by atoms with Crippen molar-refractivity contribution in [1.82, 2.24) is 10.3 Å². The van der Waals surface area contributed by atoms with Gasteiger partial charge in [0.25, 0.3) is 0 Å². The molecule has 0 saturated heterocycles. The fourth-order valence-electron chi connectivity index (χ4n) is 1.12. The summed E-state index contributed by atoms with van der Waals surface area (Å²) in [6.07, 6.45) is 1.20. The van der Waals surface area contributed by atoms with Crippen molar-refractivity contribution in [3.05, 3.63) is 29.6 Å². The van der Waals surface area contributed by atoms with Crippen molar-refractivity contribution in [3.63, 3.8) is 0 Å². The molecule has 1 rings (SSSR count). The van der Waals surface area contributed by atoms with Crippen molar-refractivity contribution in [2.24, 2.45) is 0 Å². The number of carbonyl (C=O) groups excluding carboxylic acids is 1. The van der Waals surface area contributed by atoms with Crippen LogP contribution in [0.25, 0.3) is 0 Å². The van der Waals surface area contributed by atoms with Gasteiger partial charge < -0.3 is 10.1 Å². The second kappa shape index (κ2) is 5.34. The lowest BCUT2D eigenvalue weighted by molar-refractivity contribution is 0.115. The Morgan fingerprint density at radius 3 is 2.93 bits per heavy atom. The first-order chi connectivity index (χ1) is 7.09. The quantitative estimate of drug-likeness (QED) is 0.826. The highest BCUT2D eigenvalue weighted by Crippen LogP contribution is 2.02. The second-order valence-corrected chi connectivity index (χ2v) is 3.57. The van der Waals surface area contributed by atoms with E-state index >= 15 is 0 Å². The Hall–Kier alpha value is -1.58. The predicted molar refractivity (Wildman–Crippen MR) is 57.4 cm³/mol. The predicted octanol–water partition coefficient (Wildman–Crippen LogP) is 2.02. The van der Waals surface area contributed by atoms with Crippen LogP contribution < -0.4 is 5.32 Å². The van der Waals surface area contributed by atoms with Crippen molar-refractivity contribution >= 4 is 6.09 Å². The zero-order valence-electron chi connectivity index (χ0n) is 9.28. The highest BCUT2D eigenvalue weighted by Gasteiger charge is 2.05. The van der Waals surface area contributed by atoms with Crippen LogP contribution in [-0.4, -0.2) is 17.2 Å². The smallest absolute Gasteiger partial charge is 0.407 e. The van der Waals surface area contributed by atoms with E-state index in [9.17, 15) is 4.79 Å². The number of alkyl carbamates (subject to hydrolysis) is 1. The van der Waals surface area contributed by atoms with Gasteiger partial charge in [-0.3, -0.25) is 4.98 Å². The lowest BCUT2D eigenvalue weighted by atomic mass is 10.2. The van der Waals surface area contributed by atoms with Crippen LogP contribution in [0.4, 0.5) is 4.79 Å². The van der Waals surface area contributed by atoms with Crippen LogP contribution in [0.5, 0.6) is 0 Å². The Morgan fingerprint density at radius 1 is 1.60 bits per heavy atom. The maximum Gasteiger partial charge on any atom is 0.407 e. The molecule has 0 fully saturated rings. The van der Waals surface area contributed by atoms with Crippen molar-refractivity contribution in [2.45, 2.75) is 33.4 Å². The van der Waals surface area contributed by atoms with E-state index in [-0.39, 0.29) is 6.10 Å². The van der Waals surface area contributed by atoms with Gasteiger partial charge in [-0.25, -0.2) is 4.79 Å². The summed E-state index contributed by atoms with van der Waals surface area (Å²) in [5.74, 6) is 0. The summed E-state index contributed by atoms with van der Waals surface area (Å²) in [5.41, 5.74) is 1.92. The van der Waals surface area contributed by atoms with Crippen LogP contribution in [0.2, 0.25) is 0 Å². The monoisotopic (exact) mass is 208 g/mol. The second-order valence-electron chi connectivity index (χ2n) is 3.57. The van der Waals surface area contributed by atoms with Crippen molar-refractivity contribution in [2.75, 3.05) is 0 Å². The fourth-order valence-corrected chi connectivity index (χ4v) is 1.12. The molecule has 1 aromatic rings. The summed E-state index contributed by atoms with van der Waals surface area (Å²) in [4.78, 5) is 15.3. The Balaban J connectivity index is 2.44. The van der Waals surface area contributed by atoms with E-state index in [4.69, 9.17) is 4.74 Å². The normalized spacial score (nSPS) is 10.1. The number of ether oxygens (including phenoxy) is 1. The molecule has 0 bridgehead atoms. The van der Waals surface area contributed by atoms with Crippen molar-refractivity contribution in [1.29, 1.82) is 0 Å². The first-order valence-corrected chi connectivity index (χ1v) is 4.94. The molecule has 0 aliphatic rings. The van der Waals surface area contributed by atoms with E-state index in [2.05, 4.69) is 10.3 Å². The van der Waals surface area contributed by atoms with Crippen LogP contribution in [0, 0.1) is 6.92 Å². The molecule has 1 aromatic heterocycles. The summed E-state index contributed by atoms with van der Waals surface area (Å²) in [6.45, 7) is 5.98. The Kier molecular flexibility index (Phi) is 4.09. The Labute approximate surface area is 89.7 Å². The van der Waals surface area contributed by atoms with Gasteiger partial charge in [-0.05, 0) is 32.4 Å². The number of amides is 1. The zero-order chi connectivity index (χ0) is 11.3. The number of hydrogen-bond donors (Lipinski definition) is 1. The summed E-state index contributed by atoms with van der Waals surface area (Å²) in [6, 6.07) is 3.82. The van der Waals surface area contributed by atoms with Gasteiger partial charge in [0.15, 0.2) is 0 Å². The van der Waals surface area contributed by atoms with Gasteiger partial charge in [0.1, 0.15) is 0 Å². The van der Waals surface area contributed by atoms with Gasteiger partial charge >= 0.3 is 6.09 Å². The molecule has 82 valence electrons. The van der Waals surface area contributed by atoms with Gasteiger partial charge in [-0.15, -0.1) is 0 Å². The van der Waals surface area contributed by atoms with Crippen molar-refractivity contribution in [3.8, 4) is 0 Å². The number of nitrogens with zero attached hydrogens (tertiary/aromatic N) is 1. The topological polar surface area (TPSA) is 51.2 Å². The molecule has 0 aliphatic carbocycles. The molecule has 0 spiro atoms. The molecular formula is C11H16N2O2. The number of hydrogen-bond acceptors (Lipinski definition) is 3. The molecule has 4 nitrogen and oxygen atoms in total. The van der Waals surface area contributed by atoms with E-state index in [0.29, 0.717) is 6.54 Å². The number of aryl methyl sites for hydroxylation is 1. The highest BCUT2D eigenvalue weighted by atomic mass is 16.6. The average Bonchev–Trinajstić information content (AvgIpc) is 2.15. The van der Waals surface area contributed by atoms with Gasteiger partial charge in [0.2, 0.25) is 0 Å². The summed E-state index contributed by atoms with van der Waals surface area (Å²) < 4.78 is 4.93. The summed E-state index contributed by atoms with van der Waals surface area (Å²) in [7, 11) is 0. The average molecular weight is 208 g/mol. The van der Waals surface area contributed by atoms with Crippen LogP contribution in [-0.2, 0) is 11.3 Å². The number of carbonyl (C=O) groups is 1. The maximum absolute atomic E-state index is 11.2. The molecule has 15 heavy (non-hydrogen) atoms. The minimum atomic E-state index is -0.407. The van der Waals surface area contributed by atoms with Gasteiger partial charge in [0, 0.05) is 6.20 Å². The number of aromatic nitrogens is 1. The first-order valence-electron chi connectivity index (χ1n) is 4.94. The summed E-state index contributed by atoms with van der Waals surface area (Å²) >= 11 is 0. The molecule has 0 radical (unpaired) electrons. The molecule has 0 aromatic carbocycles. The lowest BCUT2D eigenvalue weighted by Gasteiger charge is -2.09. The highest BCUT2D eigenvalue weighted by molar-refractivity contribution is 5.67. The lowest BCUT2D eigenvalue weighted by Crippen LogP contribution is -2.26. The molecule has 0 unspecified atom stereocenters. The fraction of sp³-hybridized carbons (Fsp3) is 0.455. The number of nitrogens with one attached hydrogen (secondary N) is 1. The molecule has 0 saturated carbocycles. The molecule has 0 aliphatic heterocycles. The van der Waals surface area contributed by atoms with E-state index in [0.717, 1.165) is 11.3 Å². The van der Waals surface area contributed by atoms with E-state index in [1.807, 2.05) is 32.9 Å². The van der Waals surface area contributed by atoms with E-state index in [1.54, 1.807) is 6.20 Å². The van der Waals surface area contributed by atoms with Crippen LogP contribution in [0.3, 0.4) is 0 Å². The minimum Gasteiger partial charge on any atom is -0.447 e. The number of rotatable bonds is 3. The van der Waals surface area contributed by atoms with Gasteiger partial charge in [-0.2, -0.15) is 0 Å². The van der Waals surface area contributed by atoms with Gasteiger partial charge in [-0.1, -0.05) is 6.07 Å². The maximum atomic E-state index is 11.2. The van der Waals surface area contributed by atoms with Crippen LogP contribution in [0.15, 0.2) is 18.3 Å². The standard InChI is InChI=1S/C11H16N2O2/c1-8(2)15-11(14)13-7-10-9(3)5-4-6-12-10/h4-6,8H,7H2,1-3H3,(H,13,14). The first kappa shape index (κ1) is 11.5. The third-order valence-electron chi connectivity index (χ3n) is 1.86. The zero-order valence-corrected chi connectivity index (χ0v) is 9.28. The SMILES string of the molecule is Cc1cccnc1CNC(=O)OC(C)C. The van der Waals surface area contributed by atoms with E-state index < -0.39 is 6.09 Å². The molecule has 1 N–H and O–H groups in total. The van der Waals surface area contributed by atoms with E-state index in [1.165, 1.54) is 0 Å². The third kappa shape index (κ3) is 3.97. The van der Waals surface area contributed by atoms with Crippen LogP contribution in [0.1, 0.15) is 25.1 Å². The van der Waals surface area contributed by atoms with Gasteiger partial charge in [0.05, 0.1) is 18.3 Å².